The highest BCUT2D eigenvalue weighted by molar-refractivity contribution is 7.17. The SMILES string of the molecule is CCOC(=O)CN1C[C@@H]2C[C@H]1CN2c1nc(Nc2cc(C)n[nH]2)c2sccc2n1. The molecular weight excluding hydrogens is 390 g/mol. The minimum Gasteiger partial charge on any atom is -0.465 e. The number of hydrogen-bond acceptors (Lipinski definition) is 9. The molecule has 2 atom stereocenters. The van der Waals surface area contributed by atoms with Crippen LogP contribution < -0.4 is 10.2 Å². The van der Waals surface area contributed by atoms with Crippen molar-refractivity contribution in [3.63, 3.8) is 0 Å². The summed E-state index contributed by atoms with van der Waals surface area (Å²) in [6, 6.07) is 4.62. The van der Waals surface area contributed by atoms with E-state index in [1.165, 1.54) is 0 Å². The van der Waals surface area contributed by atoms with Crippen LogP contribution in [0.2, 0.25) is 0 Å². The molecule has 2 N–H and O–H groups in total. The van der Waals surface area contributed by atoms with Gasteiger partial charge in [-0.25, -0.2) is 4.98 Å². The minimum atomic E-state index is -0.149. The third-order valence-electron chi connectivity index (χ3n) is 5.50. The molecule has 0 saturated carbocycles. The van der Waals surface area contributed by atoms with Crippen LogP contribution in [0.3, 0.4) is 0 Å². The molecule has 0 aliphatic carbocycles. The highest BCUT2D eigenvalue weighted by Crippen LogP contribution is 2.36. The maximum atomic E-state index is 11.8. The maximum absolute atomic E-state index is 11.8. The summed E-state index contributed by atoms with van der Waals surface area (Å²) in [5.41, 5.74) is 1.85. The van der Waals surface area contributed by atoms with Gasteiger partial charge in [0.25, 0.3) is 0 Å². The van der Waals surface area contributed by atoms with Crippen LogP contribution in [0.25, 0.3) is 10.2 Å². The van der Waals surface area contributed by atoms with Crippen LogP contribution in [0, 0.1) is 6.92 Å². The number of carbonyl (C=O) groups is 1. The number of aromatic amines is 1. The monoisotopic (exact) mass is 413 g/mol. The van der Waals surface area contributed by atoms with Crippen molar-refractivity contribution < 1.29 is 9.53 Å². The van der Waals surface area contributed by atoms with E-state index >= 15 is 0 Å². The van der Waals surface area contributed by atoms with Crippen molar-refractivity contribution in [1.82, 2.24) is 25.1 Å². The van der Waals surface area contributed by atoms with Crippen LogP contribution in [0.15, 0.2) is 17.5 Å². The molecule has 0 aromatic carbocycles. The summed E-state index contributed by atoms with van der Waals surface area (Å²) < 4.78 is 6.12. The zero-order valence-electron chi connectivity index (χ0n) is 16.4. The quantitative estimate of drug-likeness (QED) is 0.594. The summed E-state index contributed by atoms with van der Waals surface area (Å²) in [4.78, 5) is 26.0. The Kier molecular flexibility index (Phi) is 4.59. The molecule has 0 radical (unpaired) electrons. The summed E-state index contributed by atoms with van der Waals surface area (Å²) >= 11 is 1.62. The minimum absolute atomic E-state index is 0.149. The van der Waals surface area contributed by atoms with E-state index < -0.39 is 0 Å². The van der Waals surface area contributed by atoms with Gasteiger partial charge in [0.2, 0.25) is 5.95 Å². The van der Waals surface area contributed by atoms with Crippen LogP contribution in [0.4, 0.5) is 17.6 Å². The second-order valence-electron chi connectivity index (χ2n) is 7.49. The number of nitrogens with one attached hydrogen (secondary N) is 2. The molecule has 2 aliphatic heterocycles. The van der Waals surface area contributed by atoms with E-state index in [0.717, 1.165) is 53.0 Å². The largest absolute Gasteiger partial charge is 0.465 e. The van der Waals surface area contributed by atoms with Gasteiger partial charge in [0.05, 0.1) is 29.1 Å². The van der Waals surface area contributed by atoms with Gasteiger partial charge in [0, 0.05) is 31.2 Å². The summed E-state index contributed by atoms with van der Waals surface area (Å²) in [6.07, 6.45) is 1.02. The van der Waals surface area contributed by atoms with Gasteiger partial charge >= 0.3 is 5.97 Å². The van der Waals surface area contributed by atoms with E-state index in [4.69, 9.17) is 14.7 Å². The third-order valence-corrected chi connectivity index (χ3v) is 6.41. The van der Waals surface area contributed by atoms with Gasteiger partial charge in [0.15, 0.2) is 5.82 Å². The molecule has 3 aromatic heterocycles. The average Bonchev–Trinajstić information content (AvgIpc) is 3.45. The van der Waals surface area contributed by atoms with E-state index in [9.17, 15) is 4.79 Å². The molecule has 0 unspecified atom stereocenters. The predicted molar refractivity (Wildman–Crippen MR) is 112 cm³/mol. The Hall–Kier alpha value is -2.72. The molecular formula is C19H23N7O2S. The number of piperazine rings is 1. The Morgan fingerprint density at radius 3 is 3.00 bits per heavy atom. The molecule has 0 spiro atoms. The number of carbonyl (C=O) groups excluding carboxylic acids is 1. The summed E-state index contributed by atoms with van der Waals surface area (Å²) in [7, 11) is 0. The van der Waals surface area contributed by atoms with E-state index in [1.807, 2.05) is 31.4 Å². The highest BCUT2D eigenvalue weighted by atomic mass is 32.1. The number of H-pyrrole nitrogens is 1. The second kappa shape index (κ2) is 7.27. The number of aryl methyl sites for hydroxylation is 1. The van der Waals surface area contributed by atoms with Crippen molar-refractivity contribution in [3.8, 4) is 0 Å². The number of fused-ring (bicyclic) bond motifs is 3. The Morgan fingerprint density at radius 1 is 1.38 bits per heavy atom. The Balaban J connectivity index is 1.37. The molecule has 10 heteroatoms. The number of anilines is 3. The van der Waals surface area contributed by atoms with Crippen LogP contribution in [0.1, 0.15) is 19.0 Å². The van der Waals surface area contributed by atoms with Gasteiger partial charge in [-0.15, -0.1) is 11.3 Å². The molecule has 0 amide bonds. The first-order valence-corrected chi connectivity index (χ1v) is 10.7. The molecule has 3 aromatic rings. The second-order valence-corrected chi connectivity index (χ2v) is 8.40. The summed E-state index contributed by atoms with van der Waals surface area (Å²) in [6.45, 7) is 6.21. The van der Waals surface area contributed by atoms with Crippen molar-refractivity contribution in [2.24, 2.45) is 0 Å². The summed E-state index contributed by atoms with van der Waals surface area (Å²) in [5, 5.41) is 12.5. The lowest BCUT2D eigenvalue weighted by molar-refractivity contribution is -0.144. The molecule has 2 fully saturated rings. The van der Waals surface area contributed by atoms with Crippen molar-refractivity contribution in [1.29, 1.82) is 0 Å². The fourth-order valence-electron chi connectivity index (χ4n) is 4.24. The first-order chi connectivity index (χ1) is 14.1. The summed E-state index contributed by atoms with van der Waals surface area (Å²) in [5.74, 6) is 2.18. The number of thiophene rings is 1. The third kappa shape index (κ3) is 3.42. The number of likely N-dealkylation sites (tertiary alicyclic amines) is 1. The number of nitrogens with zero attached hydrogens (tertiary/aromatic N) is 5. The molecule has 5 heterocycles. The Bertz CT molecular complexity index is 1050. The zero-order chi connectivity index (χ0) is 20.0. The van der Waals surface area contributed by atoms with E-state index in [-0.39, 0.29) is 5.97 Å². The smallest absolute Gasteiger partial charge is 0.320 e. The number of ether oxygens (including phenoxy) is 1. The van der Waals surface area contributed by atoms with Crippen molar-refractivity contribution in [3.05, 3.63) is 23.2 Å². The fourth-order valence-corrected chi connectivity index (χ4v) is 5.01. The van der Waals surface area contributed by atoms with Crippen LogP contribution >= 0.6 is 11.3 Å². The van der Waals surface area contributed by atoms with Gasteiger partial charge in [-0.1, -0.05) is 0 Å². The fraction of sp³-hybridized carbons (Fsp3) is 0.474. The molecule has 29 heavy (non-hydrogen) atoms. The van der Waals surface area contributed by atoms with E-state index in [2.05, 4.69) is 25.3 Å². The molecule has 9 nitrogen and oxygen atoms in total. The van der Waals surface area contributed by atoms with Gasteiger partial charge < -0.3 is 15.0 Å². The topological polar surface area (TPSA) is 99.3 Å². The van der Waals surface area contributed by atoms with Crippen molar-refractivity contribution in [2.45, 2.75) is 32.4 Å². The molecule has 2 saturated heterocycles. The average molecular weight is 414 g/mol. The number of rotatable bonds is 6. The standard InChI is InChI=1S/C19H23N7O2S/c1-3-28-16(27)10-25-8-13-7-12(25)9-26(13)19-20-14-4-5-29-17(14)18(22-19)21-15-6-11(2)23-24-15/h4-6,12-13H,3,7-10H2,1-2H3,(H2,20,21,22,23,24)/t12-,13-/m0/s1. The molecule has 2 aliphatic rings. The molecule has 5 rings (SSSR count). The molecule has 2 bridgehead atoms. The number of aromatic nitrogens is 4. The van der Waals surface area contributed by atoms with Crippen molar-refractivity contribution in [2.75, 3.05) is 36.5 Å². The van der Waals surface area contributed by atoms with E-state index in [1.54, 1.807) is 11.3 Å². The maximum Gasteiger partial charge on any atom is 0.320 e. The lowest BCUT2D eigenvalue weighted by Crippen LogP contribution is -2.48. The normalized spacial score (nSPS) is 21.2. The number of esters is 1. The first-order valence-electron chi connectivity index (χ1n) is 9.81. The van der Waals surface area contributed by atoms with Crippen molar-refractivity contribution >= 4 is 45.1 Å². The van der Waals surface area contributed by atoms with Gasteiger partial charge in [-0.2, -0.15) is 10.1 Å². The van der Waals surface area contributed by atoms with Crippen LogP contribution in [0.5, 0.6) is 0 Å². The van der Waals surface area contributed by atoms with Gasteiger partial charge in [0.1, 0.15) is 5.82 Å². The highest BCUT2D eigenvalue weighted by Gasteiger charge is 2.45. The van der Waals surface area contributed by atoms with Crippen LogP contribution in [-0.4, -0.2) is 69.4 Å². The first kappa shape index (κ1) is 18.3. The van der Waals surface area contributed by atoms with E-state index in [0.29, 0.717) is 25.2 Å². The zero-order valence-corrected chi connectivity index (χ0v) is 17.2. The van der Waals surface area contributed by atoms with Crippen LogP contribution in [-0.2, 0) is 9.53 Å². The van der Waals surface area contributed by atoms with Gasteiger partial charge in [-0.05, 0) is 31.7 Å². The van der Waals surface area contributed by atoms with Gasteiger partial charge in [-0.3, -0.25) is 14.8 Å². The lowest BCUT2D eigenvalue weighted by Gasteiger charge is -2.33. The molecule has 152 valence electrons. The Labute approximate surface area is 172 Å². The lowest BCUT2D eigenvalue weighted by atomic mass is 10.2. The Morgan fingerprint density at radius 2 is 2.28 bits per heavy atom. The predicted octanol–water partition coefficient (Wildman–Crippen LogP) is 2.29. The number of hydrogen-bond donors (Lipinski definition) is 2.